The number of nitrogens with zero attached hydrogens (tertiary/aromatic N) is 2. The summed E-state index contributed by atoms with van der Waals surface area (Å²) in [6.07, 6.45) is 0.281. The van der Waals surface area contributed by atoms with Crippen molar-refractivity contribution in [1.82, 2.24) is 15.2 Å². The third-order valence-corrected chi connectivity index (χ3v) is 2.45. The first-order valence-electron chi connectivity index (χ1n) is 5.74. The van der Waals surface area contributed by atoms with Crippen molar-refractivity contribution in [2.45, 2.75) is 6.42 Å². The summed E-state index contributed by atoms with van der Waals surface area (Å²) < 4.78 is 12.8. The fourth-order valence-corrected chi connectivity index (χ4v) is 1.53. The van der Waals surface area contributed by atoms with Crippen molar-refractivity contribution in [3.05, 3.63) is 51.7 Å². The molecule has 0 atom stereocenters. The van der Waals surface area contributed by atoms with Crippen molar-refractivity contribution in [2.24, 2.45) is 0 Å². The van der Waals surface area contributed by atoms with E-state index in [0.717, 1.165) is 5.56 Å². The number of hydrogen-bond acceptors (Lipinski definition) is 5. The summed E-state index contributed by atoms with van der Waals surface area (Å²) in [7, 11) is 0. The number of aliphatic hydroxyl groups is 1. The number of nitrogens with one attached hydrogen (secondary N) is 2. The molecule has 0 aliphatic rings. The molecule has 0 unspecified atom stereocenters. The number of aliphatic hydroxyl groups excluding tert-OH is 1. The molecular weight excluding hydrogens is 251 g/mol. The van der Waals surface area contributed by atoms with Gasteiger partial charge in [0.15, 0.2) is 0 Å². The first kappa shape index (κ1) is 13.2. The second kappa shape index (κ2) is 6.05. The average Bonchev–Trinajstić information content (AvgIpc) is 2.41. The molecule has 0 radical (unpaired) electrons. The minimum atomic E-state index is -0.361. The van der Waals surface area contributed by atoms with Gasteiger partial charge in [0.1, 0.15) is 11.5 Å². The fraction of sp³-hybridized carbons (Fsp3) is 0.250. The summed E-state index contributed by atoms with van der Waals surface area (Å²) in [6, 6.07) is 5.84. The summed E-state index contributed by atoms with van der Waals surface area (Å²) in [5.41, 5.74) is 0.665. The number of halogens is 1. The highest BCUT2D eigenvalue weighted by Gasteiger charge is 2.06. The van der Waals surface area contributed by atoms with E-state index in [0.29, 0.717) is 0 Å². The maximum Gasteiger partial charge on any atom is 0.274 e. The molecule has 100 valence electrons. The zero-order chi connectivity index (χ0) is 13.7. The quantitative estimate of drug-likeness (QED) is 0.722. The van der Waals surface area contributed by atoms with Crippen molar-refractivity contribution >= 4 is 5.95 Å². The molecular formula is C12H13FN4O2. The molecule has 0 aliphatic carbocycles. The predicted molar refractivity (Wildman–Crippen MR) is 67.4 cm³/mol. The standard InChI is InChI=1S/C12H13FN4O2/c13-9-3-1-8(2-4-9)7-10-11(19)15-12(17-16-10)14-5-6-18/h1-4,18H,5-7H2,(H2,14,15,17,19). The van der Waals surface area contributed by atoms with Crippen LogP contribution in [-0.2, 0) is 6.42 Å². The number of anilines is 1. The monoisotopic (exact) mass is 264 g/mol. The number of aromatic nitrogens is 3. The van der Waals surface area contributed by atoms with Crippen LogP contribution in [0.15, 0.2) is 29.1 Å². The van der Waals surface area contributed by atoms with Gasteiger partial charge >= 0.3 is 0 Å². The van der Waals surface area contributed by atoms with Gasteiger partial charge in [-0.2, -0.15) is 0 Å². The second-order valence-electron chi connectivity index (χ2n) is 3.90. The molecule has 2 aromatic rings. The van der Waals surface area contributed by atoms with Crippen molar-refractivity contribution in [1.29, 1.82) is 0 Å². The topological polar surface area (TPSA) is 90.9 Å². The van der Waals surface area contributed by atoms with Crippen LogP contribution < -0.4 is 10.9 Å². The maximum atomic E-state index is 12.8. The van der Waals surface area contributed by atoms with E-state index >= 15 is 0 Å². The highest BCUT2D eigenvalue weighted by molar-refractivity contribution is 5.24. The van der Waals surface area contributed by atoms with E-state index in [1.807, 2.05) is 0 Å². The minimum absolute atomic E-state index is 0.0684. The van der Waals surface area contributed by atoms with E-state index in [2.05, 4.69) is 20.5 Å². The number of hydrogen-bond donors (Lipinski definition) is 3. The van der Waals surface area contributed by atoms with Gasteiger partial charge in [-0.1, -0.05) is 12.1 Å². The lowest BCUT2D eigenvalue weighted by atomic mass is 10.1. The van der Waals surface area contributed by atoms with E-state index in [4.69, 9.17) is 5.11 Å². The van der Waals surface area contributed by atoms with Crippen molar-refractivity contribution in [2.75, 3.05) is 18.5 Å². The molecule has 0 amide bonds. The van der Waals surface area contributed by atoms with Gasteiger partial charge in [-0.05, 0) is 17.7 Å². The first-order chi connectivity index (χ1) is 9.19. The van der Waals surface area contributed by atoms with Crippen LogP contribution in [-0.4, -0.2) is 33.4 Å². The van der Waals surface area contributed by atoms with Gasteiger partial charge in [-0.25, -0.2) is 4.39 Å². The van der Waals surface area contributed by atoms with Gasteiger partial charge in [0.2, 0.25) is 5.95 Å². The zero-order valence-corrected chi connectivity index (χ0v) is 10.1. The molecule has 0 spiro atoms. The normalized spacial score (nSPS) is 10.4. The number of H-pyrrole nitrogens is 1. The summed E-state index contributed by atoms with van der Waals surface area (Å²) in [4.78, 5) is 14.3. The summed E-state index contributed by atoms with van der Waals surface area (Å²) >= 11 is 0. The SMILES string of the molecule is O=c1[nH]c(NCCO)nnc1Cc1ccc(F)cc1. The third-order valence-electron chi connectivity index (χ3n) is 2.45. The largest absolute Gasteiger partial charge is 0.395 e. The van der Waals surface area contributed by atoms with E-state index in [1.54, 1.807) is 12.1 Å². The molecule has 0 fully saturated rings. The average molecular weight is 264 g/mol. The summed E-state index contributed by atoms with van der Waals surface area (Å²) in [5.74, 6) is -0.116. The summed E-state index contributed by atoms with van der Waals surface area (Å²) in [5, 5.41) is 18.9. The Labute approximate surface area is 108 Å². The predicted octanol–water partition coefficient (Wildman–Crippen LogP) is 0.299. The Morgan fingerprint density at radius 2 is 2.00 bits per heavy atom. The molecule has 2 rings (SSSR count). The molecule has 1 heterocycles. The Kier molecular flexibility index (Phi) is 4.19. The molecule has 1 aromatic carbocycles. The molecule has 7 heteroatoms. The molecule has 0 saturated carbocycles. The molecule has 19 heavy (non-hydrogen) atoms. The van der Waals surface area contributed by atoms with Crippen LogP contribution in [0.4, 0.5) is 10.3 Å². The lowest BCUT2D eigenvalue weighted by molar-refractivity contribution is 0.310. The van der Waals surface area contributed by atoms with Gasteiger partial charge in [-0.15, -0.1) is 10.2 Å². The van der Waals surface area contributed by atoms with Gasteiger partial charge in [0.05, 0.1) is 6.61 Å². The highest BCUT2D eigenvalue weighted by atomic mass is 19.1. The molecule has 0 saturated heterocycles. The Bertz CT molecular complexity index is 597. The van der Waals surface area contributed by atoms with Crippen LogP contribution in [0.2, 0.25) is 0 Å². The third kappa shape index (κ3) is 3.59. The Hall–Kier alpha value is -2.28. The lowest BCUT2D eigenvalue weighted by Gasteiger charge is -2.03. The van der Waals surface area contributed by atoms with Crippen LogP contribution in [0.25, 0.3) is 0 Å². The number of benzene rings is 1. The summed E-state index contributed by atoms with van der Waals surface area (Å²) in [6.45, 7) is 0.211. The number of rotatable bonds is 5. The molecule has 6 nitrogen and oxygen atoms in total. The second-order valence-corrected chi connectivity index (χ2v) is 3.90. The first-order valence-corrected chi connectivity index (χ1v) is 5.74. The van der Waals surface area contributed by atoms with E-state index in [-0.39, 0.29) is 42.6 Å². The van der Waals surface area contributed by atoms with Gasteiger partial charge in [0.25, 0.3) is 5.56 Å². The van der Waals surface area contributed by atoms with Crippen molar-refractivity contribution < 1.29 is 9.50 Å². The molecule has 0 aliphatic heterocycles. The van der Waals surface area contributed by atoms with Crippen molar-refractivity contribution in [3.8, 4) is 0 Å². The Morgan fingerprint density at radius 3 is 2.63 bits per heavy atom. The maximum absolute atomic E-state index is 12.8. The molecule has 1 aromatic heterocycles. The van der Waals surface area contributed by atoms with E-state index in [9.17, 15) is 9.18 Å². The fourth-order valence-electron chi connectivity index (χ4n) is 1.53. The van der Waals surface area contributed by atoms with Crippen LogP contribution in [0.3, 0.4) is 0 Å². The highest BCUT2D eigenvalue weighted by Crippen LogP contribution is 2.06. The van der Waals surface area contributed by atoms with E-state index < -0.39 is 0 Å². The van der Waals surface area contributed by atoms with Gasteiger partial charge < -0.3 is 10.4 Å². The number of aromatic amines is 1. The van der Waals surface area contributed by atoms with E-state index in [1.165, 1.54) is 12.1 Å². The Balaban J connectivity index is 2.13. The zero-order valence-electron chi connectivity index (χ0n) is 10.1. The van der Waals surface area contributed by atoms with Crippen molar-refractivity contribution in [3.63, 3.8) is 0 Å². The lowest BCUT2D eigenvalue weighted by Crippen LogP contribution is -2.20. The molecule has 0 bridgehead atoms. The van der Waals surface area contributed by atoms with Crippen LogP contribution in [0.1, 0.15) is 11.3 Å². The van der Waals surface area contributed by atoms with Gasteiger partial charge in [0, 0.05) is 13.0 Å². The van der Waals surface area contributed by atoms with Crippen LogP contribution in [0.5, 0.6) is 0 Å². The van der Waals surface area contributed by atoms with Gasteiger partial charge in [-0.3, -0.25) is 9.78 Å². The Morgan fingerprint density at radius 1 is 1.26 bits per heavy atom. The smallest absolute Gasteiger partial charge is 0.274 e. The minimum Gasteiger partial charge on any atom is -0.395 e. The van der Waals surface area contributed by atoms with Crippen LogP contribution in [0, 0.1) is 5.82 Å². The molecule has 3 N–H and O–H groups in total. The van der Waals surface area contributed by atoms with Crippen LogP contribution >= 0.6 is 0 Å².